The lowest BCUT2D eigenvalue weighted by atomic mass is 10.0. The van der Waals surface area contributed by atoms with Crippen LogP contribution in [0.25, 0.3) is 0 Å². The molecule has 1 nitrogen and oxygen atoms in total. The van der Waals surface area contributed by atoms with E-state index in [1.807, 2.05) is 0 Å². The molecule has 15 heavy (non-hydrogen) atoms. The van der Waals surface area contributed by atoms with Crippen LogP contribution in [0.15, 0.2) is 14.3 Å². The van der Waals surface area contributed by atoms with E-state index in [-0.39, 0.29) is 11.5 Å². The molecule has 1 aromatic rings. The van der Waals surface area contributed by atoms with Crippen LogP contribution in [-0.4, -0.2) is 12.7 Å². The van der Waals surface area contributed by atoms with Crippen LogP contribution in [0.3, 0.4) is 0 Å². The summed E-state index contributed by atoms with van der Waals surface area (Å²) in [5.41, 5.74) is 0. The fraction of sp³-hybridized carbons (Fsp3) is 0.600. The molecule has 1 saturated heterocycles. The van der Waals surface area contributed by atoms with E-state index < -0.39 is 0 Å². The molecule has 1 aromatic heterocycles. The van der Waals surface area contributed by atoms with Crippen LogP contribution in [0.2, 0.25) is 0 Å². The van der Waals surface area contributed by atoms with Gasteiger partial charge < -0.3 is 4.74 Å². The summed E-state index contributed by atoms with van der Waals surface area (Å²) in [5, 5.41) is -0.0323. The third kappa shape index (κ3) is 2.60. The Kier molecular flexibility index (Phi) is 4.16. The maximum absolute atomic E-state index is 6.44. The minimum absolute atomic E-state index is 0.0323. The van der Waals surface area contributed by atoms with Gasteiger partial charge in [0.05, 0.1) is 15.3 Å². The van der Waals surface area contributed by atoms with Crippen molar-refractivity contribution in [3.8, 4) is 0 Å². The van der Waals surface area contributed by atoms with Gasteiger partial charge in [-0.3, -0.25) is 0 Å². The van der Waals surface area contributed by atoms with E-state index in [9.17, 15) is 0 Å². The molecule has 0 aromatic carbocycles. The molecule has 0 bridgehead atoms. The third-order valence-electron chi connectivity index (χ3n) is 2.67. The zero-order valence-corrected chi connectivity index (χ0v) is 12.9. The molecule has 0 saturated carbocycles. The molecule has 3 unspecified atom stereocenters. The topological polar surface area (TPSA) is 9.23 Å². The Morgan fingerprint density at radius 1 is 1.60 bits per heavy atom. The molecule has 84 valence electrons. The van der Waals surface area contributed by atoms with Crippen LogP contribution >= 0.6 is 54.8 Å². The Morgan fingerprint density at radius 3 is 2.80 bits per heavy atom. The Hall–Kier alpha value is 0.910. The van der Waals surface area contributed by atoms with Crippen LogP contribution in [0.5, 0.6) is 0 Å². The van der Waals surface area contributed by atoms with Crippen molar-refractivity contribution in [2.24, 2.45) is 5.92 Å². The number of hydrogen-bond donors (Lipinski definition) is 0. The van der Waals surface area contributed by atoms with Crippen LogP contribution in [-0.2, 0) is 4.74 Å². The van der Waals surface area contributed by atoms with Crippen molar-refractivity contribution >= 4 is 54.8 Å². The molecule has 0 amide bonds. The second-order valence-electron chi connectivity index (χ2n) is 3.77. The molecule has 2 rings (SSSR count). The highest BCUT2D eigenvalue weighted by Gasteiger charge is 2.32. The molecule has 1 fully saturated rings. The van der Waals surface area contributed by atoms with Crippen molar-refractivity contribution in [1.29, 1.82) is 0 Å². The molecule has 1 aliphatic rings. The summed E-state index contributed by atoms with van der Waals surface area (Å²) in [7, 11) is 0. The minimum Gasteiger partial charge on any atom is -0.376 e. The Balaban J connectivity index is 2.16. The lowest BCUT2D eigenvalue weighted by Crippen LogP contribution is -2.18. The van der Waals surface area contributed by atoms with Crippen molar-refractivity contribution in [3.63, 3.8) is 0 Å². The average Bonchev–Trinajstić information content (AvgIpc) is 2.74. The standard InChI is InChI=1S/C10H11Br2ClOS/c1-5-2-3-14-9(5)8(13)7-4-6(11)10(12)15-7/h4-5,8-9H,2-3H2,1H3. The fourth-order valence-electron chi connectivity index (χ4n) is 1.75. The highest BCUT2D eigenvalue weighted by atomic mass is 79.9. The van der Waals surface area contributed by atoms with E-state index in [1.54, 1.807) is 11.3 Å². The number of ether oxygens (including phenoxy) is 1. The van der Waals surface area contributed by atoms with Crippen molar-refractivity contribution in [3.05, 3.63) is 19.2 Å². The summed E-state index contributed by atoms with van der Waals surface area (Å²) in [6.45, 7) is 3.04. The first-order valence-corrected chi connectivity index (χ1v) is 7.64. The van der Waals surface area contributed by atoms with Crippen LogP contribution < -0.4 is 0 Å². The number of rotatable bonds is 2. The third-order valence-corrected chi connectivity index (χ3v) is 6.62. The zero-order chi connectivity index (χ0) is 11.0. The van der Waals surface area contributed by atoms with Gasteiger partial charge >= 0.3 is 0 Å². The number of halogens is 3. The first-order valence-electron chi connectivity index (χ1n) is 4.80. The quantitative estimate of drug-likeness (QED) is 0.664. The second-order valence-corrected chi connectivity index (χ2v) is 7.50. The van der Waals surface area contributed by atoms with E-state index in [0.717, 1.165) is 26.2 Å². The molecule has 0 radical (unpaired) electrons. The van der Waals surface area contributed by atoms with Gasteiger partial charge in [-0.05, 0) is 50.3 Å². The minimum atomic E-state index is -0.0323. The smallest absolute Gasteiger partial charge is 0.0943 e. The zero-order valence-electron chi connectivity index (χ0n) is 8.17. The number of hydrogen-bond acceptors (Lipinski definition) is 2. The van der Waals surface area contributed by atoms with Crippen molar-refractivity contribution in [2.75, 3.05) is 6.61 Å². The normalized spacial score (nSPS) is 28.3. The van der Waals surface area contributed by atoms with Gasteiger partial charge in [-0.15, -0.1) is 22.9 Å². The van der Waals surface area contributed by atoms with Crippen molar-refractivity contribution in [1.82, 2.24) is 0 Å². The summed E-state index contributed by atoms with van der Waals surface area (Å²) < 4.78 is 7.83. The first-order chi connectivity index (χ1) is 7.09. The van der Waals surface area contributed by atoms with Gasteiger partial charge in [0.1, 0.15) is 0 Å². The number of thiophene rings is 1. The van der Waals surface area contributed by atoms with Crippen LogP contribution in [0.4, 0.5) is 0 Å². The predicted octanol–water partition coefficient (Wildman–Crippen LogP) is 4.98. The average molecular weight is 375 g/mol. The van der Waals surface area contributed by atoms with Crippen molar-refractivity contribution < 1.29 is 4.74 Å². The largest absolute Gasteiger partial charge is 0.376 e. The van der Waals surface area contributed by atoms with Crippen LogP contribution in [0, 0.1) is 5.92 Å². The Labute approximate surface area is 115 Å². The van der Waals surface area contributed by atoms with E-state index in [2.05, 4.69) is 44.8 Å². The van der Waals surface area contributed by atoms with E-state index >= 15 is 0 Å². The summed E-state index contributed by atoms with van der Waals surface area (Å²) >= 11 is 15.1. The van der Waals surface area contributed by atoms with E-state index in [1.165, 1.54) is 0 Å². The molecule has 0 N–H and O–H groups in total. The fourth-order valence-corrected chi connectivity index (χ4v) is 4.37. The van der Waals surface area contributed by atoms with Gasteiger partial charge in [-0.1, -0.05) is 6.92 Å². The van der Waals surface area contributed by atoms with Gasteiger partial charge in [0, 0.05) is 16.0 Å². The summed E-state index contributed by atoms with van der Waals surface area (Å²) in [5.74, 6) is 0.548. The monoisotopic (exact) mass is 372 g/mol. The highest BCUT2D eigenvalue weighted by molar-refractivity contribution is 9.13. The molecular weight excluding hydrogens is 363 g/mol. The Bertz CT molecular complexity index is 336. The van der Waals surface area contributed by atoms with E-state index in [0.29, 0.717) is 5.92 Å². The molecular formula is C10H11Br2ClOS. The lowest BCUT2D eigenvalue weighted by molar-refractivity contribution is 0.0910. The maximum Gasteiger partial charge on any atom is 0.0943 e. The van der Waals surface area contributed by atoms with Gasteiger partial charge in [-0.2, -0.15) is 0 Å². The molecule has 0 spiro atoms. The van der Waals surface area contributed by atoms with Gasteiger partial charge in [0.15, 0.2) is 0 Å². The molecule has 3 atom stereocenters. The molecule has 5 heteroatoms. The summed E-state index contributed by atoms with van der Waals surface area (Å²) in [4.78, 5) is 1.16. The van der Waals surface area contributed by atoms with Gasteiger partial charge in [0.2, 0.25) is 0 Å². The maximum atomic E-state index is 6.44. The Morgan fingerprint density at radius 2 is 2.33 bits per heavy atom. The van der Waals surface area contributed by atoms with E-state index in [4.69, 9.17) is 16.3 Å². The molecule has 0 aliphatic carbocycles. The highest BCUT2D eigenvalue weighted by Crippen LogP contribution is 2.42. The predicted molar refractivity (Wildman–Crippen MR) is 71.8 cm³/mol. The lowest BCUT2D eigenvalue weighted by Gasteiger charge is -2.19. The van der Waals surface area contributed by atoms with Crippen LogP contribution in [0.1, 0.15) is 23.6 Å². The second kappa shape index (κ2) is 5.05. The summed E-state index contributed by atoms with van der Waals surface area (Å²) in [6, 6.07) is 2.07. The number of alkyl halides is 1. The first kappa shape index (κ1) is 12.4. The molecule has 1 aliphatic heterocycles. The SMILES string of the molecule is CC1CCOC1C(Cl)c1cc(Br)c(Br)s1. The van der Waals surface area contributed by atoms with Crippen molar-refractivity contribution in [2.45, 2.75) is 24.8 Å². The van der Waals surface area contributed by atoms with Gasteiger partial charge in [-0.25, -0.2) is 0 Å². The summed E-state index contributed by atoms with van der Waals surface area (Å²) in [6.07, 6.45) is 1.27. The molecule has 2 heterocycles. The van der Waals surface area contributed by atoms with Gasteiger partial charge in [0.25, 0.3) is 0 Å².